The predicted molar refractivity (Wildman–Crippen MR) is 73.1 cm³/mol. The Kier molecular flexibility index (Phi) is 3.75. The highest BCUT2D eigenvalue weighted by atomic mass is 35.5. The Labute approximate surface area is 116 Å². The summed E-state index contributed by atoms with van der Waals surface area (Å²) in [4.78, 5) is 6.96. The van der Waals surface area contributed by atoms with Crippen LogP contribution in [-0.2, 0) is 12.0 Å². The Balaban J connectivity index is 0.00000120. The van der Waals surface area contributed by atoms with Crippen molar-refractivity contribution in [3.63, 3.8) is 0 Å². The molecule has 1 saturated carbocycles. The molecule has 0 aliphatic heterocycles. The van der Waals surface area contributed by atoms with Gasteiger partial charge in [0.25, 0.3) is 0 Å². The van der Waals surface area contributed by atoms with E-state index in [9.17, 15) is 0 Å². The van der Waals surface area contributed by atoms with E-state index in [-0.39, 0.29) is 17.9 Å². The smallest absolute Gasteiger partial charge is 0.231 e. The van der Waals surface area contributed by atoms with Gasteiger partial charge in [0.2, 0.25) is 5.89 Å². The molecule has 1 fully saturated rings. The lowest BCUT2D eigenvalue weighted by Crippen LogP contribution is -2.44. The van der Waals surface area contributed by atoms with Gasteiger partial charge in [-0.25, -0.2) is 0 Å². The number of aromatic nitrogens is 2. The molecule has 0 saturated heterocycles. The maximum atomic E-state index is 6.15. The number of aryl methyl sites for hydroxylation is 1. The molecule has 1 aliphatic rings. The minimum atomic E-state index is -0.326. The summed E-state index contributed by atoms with van der Waals surface area (Å²) < 4.78 is 5.27. The minimum Gasteiger partial charge on any atom is -0.339 e. The third kappa shape index (κ3) is 2.43. The van der Waals surface area contributed by atoms with Crippen molar-refractivity contribution in [2.75, 3.05) is 0 Å². The quantitative estimate of drug-likeness (QED) is 0.942. The minimum absolute atomic E-state index is 0. The fraction of sp³-hybridized carbons (Fsp3) is 0.500. The average Bonchev–Trinajstić information content (AvgIpc) is 2.85. The molecule has 2 aromatic heterocycles. The molecule has 6 heteroatoms. The molecular formula is C12H16ClN3OS. The van der Waals surface area contributed by atoms with E-state index in [4.69, 9.17) is 10.3 Å². The third-order valence-corrected chi connectivity index (χ3v) is 4.28. The molecule has 0 amide bonds. The van der Waals surface area contributed by atoms with Crippen LogP contribution in [0.3, 0.4) is 0 Å². The second-order valence-corrected chi connectivity index (χ2v) is 6.08. The van der Waals surface area contributed by atoms with Gasteiger partial charge >= 0.3 is 0 Å². The lowest BCUT2D eigenvalue weighted by atomic mass is 9.77. The summed E-state index contributed by atoms with van der Waals surface area (Å²) in [5.74, 6) is 1.34. The second kappa shape index (κ2) is 4.99. The van der Waals surface area contributed by atoms with Gasteiger partial charge < -0.3 is 10.3 Å². The van der Waals surface area contributed by atoms with Crippen LogP contribution >= 0.6 is 23.7 Å². The van der Waals surface area contributed by atoms with Crippen molar-refractivity contribution in [1.29, 1.82) is 0 Å². The van der Waals surface area contributed by atoms with Crippen molar-refractivity contribution in [1.82, 2.24) is 10.1 Å². The molecule has 0 atom stereocenters. The molecule has 0 bridgehead atoms. The highest BCUT2D eigenvalue weighted by Gasteiger charge is 2.38. The second-order valence-electron chi connectivity index (χ2n) is 4.71. The molecular weight excluding hydrogens is 270 g/mol. The monoisotopic (exact) mass is 285 g/mol. The van der Waals surface area contributed by atoms with Crippen LogP contribution < -0.4 is 5.73 Å². The molecule has 0 radical (unpaired) electrons. The van der Waals surface area contributed by atoms with Crippen molar-refractivity contribution in [2.24, 2.45) is 5.73 Å². The van der Waals surface area contributed by atoms with Gasteiger partial charge in [-0.1, -0.05) is 5.16 Å². The zero-order valence-electron chi connectivity index (χ0n) is 10.2. The van der Waals surface area contributed by atoms with Crippen molar-refractivity contribution in [3.05, 3.63) is 33.6 Å². The largest absolute Gasteiger partial charge is 0.339 e. The van der Waals surface area contributed by atoms with Gasteiger partial charge in [-0.05, 0) is 38.3 Å². The molecule has 0 spiro atoms. The van der Waals surface area contributed by atoms with Gasteiger partial charge in [0.05, 0.1) is 12.0 Å². The van der Waals surface area contributed by atoms with E-state index in [2.05, 4.69) is 29.2 Å². The summed E-state index contributed by atoms with van der Waals surface area (Å²) in [6.45, 7) is 2.09. The molecule has 4 nitrogen and oxygen atoms in total. The molecule has 98 valence electrons. The normalized spacial score (nSPS) is 17.0. The first-order valence-electron chi connectivity index (χ1n) is 5.83. The Bertz CT molecular complexity index is 533. The van der Waals surface area contributed by atoms with Gasteiger partial charge in [0.15, 0.2) is 5.82 Å². The number of nitrogens with two attached hydrogens (primary N) is 1. The highest BCUT2D eigenvalue weighted by Crippen LogP contribution is 2.37. The van der Waals surface area contributed by atoms with Crippen LogP contribution in [0.25, 0.3) is 0 Å². The Morgan fingerprint density at radius 2 is 2.22 bits per heavy atom. The summed E-state index contributed by atoms with van der Waals surface area (Å²) in [6, 6.07) is 4.21. The lowest BCUT2D eigenvalue weighted by molar-refractivity contribution is 0.229. The first-order valence-corrected chi connectivity index (χ1v) is 6.65. The van der Waals surface area contributed by atoms with Crippen LogP contribution in [0, 0.1) is 6.92 Å². The van der Waals surface area contributed by atoms with E-state index >= 15 is 0 Å². The summed E-state index contributed by atoms with van der Waals surface area (Å²) in [5, 5.41) is 4.01. The van der Waals surface area contributed by atoms with Gasteiger partial charge in [0, 0.05) is 9.75 Å². The Hall–Kier alpha value is -0.910. The van der Waals surface area contributed by atoms with E-state index in [1.807, 2.05) is 0 Å². The zero-order valence-corrected chi connectivity index (χ0v) is 11.8. The van der Waals surface area contributed by atoms with Gasteiger partial charge in [0.1, 0.15) is 0 Å². The number of hydrogen-bond acceptors (Lipinski definition) is 5. The first-order chi connectivity index (χ1) is 8.16. The topological polar surface area (TPSA) is 64.9 Å². The fourth-order valence-electron chi connectivity index (χ4n) is 2.04. The SMILES string of the molecule is Cc1ccc(Cc2nc(C3(N)CCC3)no2)s1.Cl. The standard InChI is InChI=1S/C12H15N3OS.ClH/c1-8-3-4-9(17-8)7-10-14-11(15-16-10)12(13)5-2-6-12;/h3-4H,2,5-7,13H2,1H3;1H. The van der Waals surface area contributed by atoms with Crippen LogP contribution in [0.5, 0.6) is 0 Å². The number of thiophene rings is 1. The van der Waals surface area contributed by atoms with Gasteiger partial charge in [-0.15, -0.1) is 23.7 Å². The molecule has 0 aromatic carbocycles. The molecule has 1 aliphatic carbocycles. The van der Waals surface area contributed by atoms with Crippen LogP contribution in [0.15, 0.2) is 16.7 Å². The van der Waals surface area contributed by atoms with E-state index < -0.39 is 0 Å². The van der Waals surface area contributed by atoms with E-state index in [0.29, 0.717) is 18.1 Å². The van der Waals surface area contributed by atoms with Crippen molar-refractivity contribution in [2.45, 2.75) is 38.1 Å². The van der Waals surface area contributed by atoms with Crippen LogP contribution in [-0.4, -0.2) is 10.1 Å². The molecule has 18 heavy (non-hydrogen) atoms. The molecule has 3 rings (SSSR count). The maximum absolute atomic E-state index is 6.15. The zero-order chi connectivity index (χ0) is 11.9. The maximum Gasteiger partial charge on any atom is 0.231 e. The van der Waals surface area contributed by atoms with E-state index in [1.165, 1.54) is 9.75 Å². The van der Waals surface area contributed by atoms with Crippen molar-refractivity contribution in [3.8, 4) is 0 Å². The van der Waals surface area contributed by atoms with Crippen LogP contribution in [0.4, 0.5) is 0 Å². The van der Waals surface area contributed by atoms with Gasteiger partial charge in [-0.3, -0.25) is 0 Å². The fourth-order valence-corrected chi connectivity index (χ4v) is 2.92. The number of halogens is 1. The molecule has 2 N–H and O–H groups in total. The van der Waals surface area contributed by atoms with Crippen LogP contribution in [0.2, 0.25) is 0 Å². The number of hydrogen-bond donors (Lipinski definition) is 1. The van der Waals surface area contributed by atoms with Gasteiger partial charge in [-0.2, -0.15) is 4.98 Å². The van der Waals surface area contributed by atoms with Crippen molar-refractivity contribution >= 4 is 23.7 Å². The molecule has 2 aromatic rings. The summed E-state index contributed by atoms with van der Waals surface area (Å²) >= 11 is 1.76. The Morgan fingerprint density at radius 3 is 2.78 bits per heavy atom. The molecule has 0 unspecified atom stereocenters. The van der Waals surface area contributed by atoms with Crippen molar-refractivity contribution < 1.29 is 4.52 Å². The van der Waals surface area contributed by atoms with E-state index in [0.717, 1.165) is 19.3 Å². The first kappa shape index (κ1) is 13.5. The summed E-state index contributed by atoms with van der Waals surface area (Å²) in [6.07, 6.45) is 3.79. The van der Waals surface area contributed by atoms with Crippen LogP contribution in [0.1, 0.15) is 40.7 Å². The summed E-state index contributed by atoms with van der Waals surface area (Å²) in [5.41, 5.74) is 5.83. The van der Waals surface area contributed by atoms with E-state index in [1.54, 1.807) is 11.3 Å². The third-order valence-electron chi connectivity index (χ3n) is 3.28. The predicted octanol–water partition coefficient (Wildman–Crippen LogP) is 2.79. The Morgan fingerprint density at radius 1 is 1.44 bits per heavy atom. The highest BCUT2D eigenvalue weighted by molar-refractivity contribution is 7.11. The number of rotatable bonds is 3. The molecule has 2 heterocycles. The number of nitrogens with zero attached hydrogens (tertiary/aromatic N) is 2. The lowest BCUT2D eigenvalue weighted by Gasteiger charge is -2.34. The summed E-state index contributed by atoms with van der Waals surface area (Å²) in [7, 11) is 0. The average molecular weight is 286 g/mol.